The van der Waals surface area contributed by atoms with Gasteiger partial charge in [-0.3, -0.25) is 0 Å². The zero-order valence-electron chi connectivity index (χ0n) is 11.7. The van der Waals surface area contributed by atoms with Gasteiger partial charge in [0.25, 0.3) is 0 Å². The Bertz CT molecular complexity index is 523. The Hall–Kier alpha value is -0.190. The molecule has 1 aromatic heterocycles. The molecule has 0 spiro atoms. The summed E-state index contributed by atoms with van der Waals surface area (Å²) in [5, 5.41) is 0. The van der Waals surface area contributed by atoms with Crippen molar-refractivity contribution in [3.63, 3.8) is 0 Å². The van der Waals surface area contributed by atoms with Crippen molar-refractivity contribution in [2.45, 2.75) is 42.9 Å². The highest BCUT2D eigenvalue weighted by molar-refractivity contribution is 8.01. The van der Waals surface area contributed by atoms with Crippen LogP contribution >= 0.6 is 35.7 Å². The number of thiol groups is 1. The van der Waals surface area contributed by atoms with Crippen LogP contribution in [0, 0.1) is 5.41 Å². The molecule has 1 aliphatic rings. The molecule has 0 unspecified atom stereocenters. The van der Waals surface area contributed by atoms with E-state index in [-0.39, 0.29) is 0 Å². The SMILES string of the molecule is SCC1(CSc2nc3ccccc3s2)CCCCCC1. The van der Waals surface area contributed by atoms with Gasteiger partial charge in [-0.2, -0.15) is 12.6 Å². The Balaban J connectivity index is 1.70. The molecule has 0 amide bonds. The molecule has 1 heterocycles. The van der Waals surface area contributed by atoms with Gasteiger partial charge in [0, 0.05) is 5.75 Å². The maximum absolute atomic E-state index is 4.74. The van der Waals surface area contributed by atoms with E-state index in [1.165, 1.54) is 53.3 Å². The van der Waals surface area contributed by atoms with E-state index in [0.29, 0.717) is 5.41 Å². The average molecular weight is 324 g/mol. The lowest BCUT2D eigenvalue weighted by atomic mass is 9.84. The number of para-hydroxylation sites is 1. The van der Waals surface area contributed by atoms with E-state index < -0.39 is 0 Å². The van der Waals surface area contributed by atoms with Gasteiger partial charge < -0.3 is 0 Å². The molecule has 20 heavy (non-hydrogen) atoms. The van der Waals surface area contributed by atoms with Crippen LogP contribution in [0.3, 0.4) is 0 Å². The van der Waals surface area contributed by atoms with Gasteiger partial charge in [0.1, 0.15) is 0 Å². The fourth-order valence-electron chi connectivity index (χ4n) is 2.95. The fraction of sp³-hybridized carbons (Fsp3) is 0.562. The van der Waals surface area contributed by atoms with Gasteiger partial charge in [-0.1, -0.05) is 49.6 Å². The smallest absolute Gasteiger partial charge is 0.151 e. The molecule has 1 aromatic carbocycles. The van der Waals surface area contributed by atoms with E-state index in [0.717, 1.165) is 11.3 Å². The van der Waals surface area contributed by atoms with Crippen LogP contribution in [0.5, 0.6) is 0 Å². The highest BCUT2D eigenvalue weighted by atomic mass is 32.2. The molecule has 1 fully saturated rings. The van der Waals surface area contributed by atoms with Gasteiger partial charge >= 0.3 is 0 Å². The van der Waals surface area contributed by atoms with Gasteiger partial charge in [0.05, 0.1) is 10.2 Å². The highest BCUT2D eigenvalue weighted by Gasteiger charge is 2.30. The van der Waals surface area contributed by atoms with Gasteiger partial charge in [-0.15, -0.1) is 11.3 Å². The van der Waals surface area contributed by atoms with Crippen LogP contribution in [0.4, 0.5) is 0 Å². The van der Waals surface area contributed by atoms with Crippen LogP contribution in [0.15, 0.2) is 28.6 Å². The Labute approximate surface area is 135 Å². The topological polar surface area (TPSA) is 12.9 Å². The number of rotatable bonds is 4. The molecule has 0 saturated heterocycles. The summed E-state index contributed by atoms with van der Waals surface area (Å²) in [6.45, 7) is 0. The van der Waals surface area contributed by atoms with Gasteiger partial charge in [0.15, 0.2) is 4.34 Å². The summed E-state index contributed by atoms with van der Waals surface area (Å²) in [7, 11) is 0. The quantitative estimate of drug-likeness (QED) is 0.443. The minimum atomic E-state index is 0.433. The Kier molecular flexibility index (Phi) is 4.95. The maximum Gasteiger partial charge on any atom is 0.151 e. The first kappa shape index (κ1) is 14.7. The first-order chi connectivity index (χ1) is 9.81. The van der Waals surface area contributed by atoms with Crippen molar-refractivity contribution >= 4 is 45.9 Å². The average Bonchev–Trinajstić information content (AvgIpc) is 2.75. The summed E-state index contributed by atoms with van der Waals surface area (Å²) in [5.74, 6) is 2.20. The van der Waals surface area contributed by atoms with Crippen molar-refractivity contribution in [2.24, 2.45) is 5.41 Å². The Morgan fingerprint density at radius 1 is 1.15 bits per heavy atom. The summed E-state index contributed by atoms with van der Waals surface area (Å²) in [6, 6.07) is 8.43. The number of aromatic nitrogens is 1. The third-order valence-corrected chi connectivity index (χ3v) is 7.48. The van der Waals surface area contributed by atoms with E-state index >= 15 is 0 Å². The van der Waals surface area contributed by atoms with E-state index in [1.54, 1.807) is 0 Å². The number of fused-ring (bicyclic) bond motifs is 1. The van der Waals surface area contributed by atoms with Crippen molar-refractivity contribution in [3.05, 3.63) is 24.3 Å². The lowest BCUT2D eigenvalue weighted by Gasteiger charge is -2.30. The third-order valence-electron chi connectivity index (χ3n) is 4.28. The molecular formula is C16H21NS3. The Morgan fingerprint density at radius 2 is 1.90 bits per heavy atom. The summed E-state index contributed by atoms with van der Waals surface area (Å²) in [4.78, 5) is 4.74. The van der Waals surface area contributed by atoms with Gasteiger partial charge in [-0.05, 0) is 36.1 Å². The van der Waals surface area contributed by atoms with Crippen LogP contribution < -0.4 is 0 Å². The summed E-state index contributed by atoms with van der Waals surface area (Å²) < 4.78 is 2.52. The molecule has 1 nitrogen and oxygen atoms in total. The highest BCUT2D eigenvalue weighted by Crippen LogP contribution is 2.41. The van der Waals surface area contributed by atoms with Crippen LogP contribution in [0.1, 0.15) is 38.5 Å². The van der Waals surface area contributed by atoms with Crippen molar-refractivity contribution in [3.8, 4) is 0 Å². The van der Waals surface area contributed by atoms with Crippen molar-refractivity contribution in [2.75, 3.05) is 11.5 Å². The van der Waals surface area contributed by atoms with E-state index in [9.17, 15) is 0 Å². The first-order valence-electron chi connectivity index (χ1n) is 7.41. The molecule has 0 atom stereocenters. The predicted octanol–water partition coefficient (Wildman–Crippen LogP) is 5.66. The third kappa shape index (κ3) is 3.34. The lowest BCUT2D eigenvalue weighted by molar-refractivity contribution is 0.332. The van der Waals surface area contributed by atoms with Crippen LogP contribution in [-0.2, 0) is 0 Å². The molecule has 3 rings (SSSR count). The summed E-state index contributed by atoms with van der Waals surface area (Å²) in [5.41, 5.74) is 1.57. The first-order valence-corrected chi connectivity index (χ1v) is 9.84. The summed E-state index contributed by atoms with van der Waals surface area (Å²) in [6.07, 6.45) is 8.24. The number of benzene rings is 1. The van der Waals surface area contributed by atoms with Gasteiger partial charge in [0.2, 0.25) is 0 Å². The molecule has 0 N–H and O–H groups in total. The maximum atomic E-state index is 4.74. The van der Waals surface area contributed by atoms with E-state index in [4.69, 9.17) is 4.98 Å². The normalized spacial score (nSPS) is 19.1. The van der Waals surface area contributed by atoms with Gasteiger partial charge in [-0.25, -0.2) is 4.98 Å². The van der Waals surface area contributed by atoms with Crippen LogP contribution in [0.2, 0.25) is 0 Å². The zero-order chi connectivity index (χ0) is 13.8. The molecule has 2 aromatic rings. The molecule has 4 heteroatoms. The number of thioether (sulfide) groups is 1. The second kappa shape index (κ2) is 6.71. The van der Waals surface area contributed by atoms with Crippen LogP contribution in [-0.4, -0.2) is 16.5 Å². The zero-order valence-corrected chi connectivity index (χ0v) is 14.2. The number of hydrogen-bond acceptors (Lipinski definition) is 4. The fourth-order valence-corrected chi connectivity index (χ4v) is 5.90. The van der Waals surface area contributed by atoms with Crippen molar-refractivity contribution in [1.82, 2.24) is 4.98 Å². The van der Waals surface area contributed by atoms with E-state index in [1.807, 2.05) is 23.1 Å². The second-order valence-corrected chi connectivity index (χ2v) is 8.38. The molecule has 1 aliphatic carbocycles. The largest absolute Gasteiger partial charge is 0.230 e. The number of hydrogen-bond donors (Lipinski definition) is 1. The second-order valence-electron chi connectivity index (χ2n) is 5.81. The Morgan fingerprint density at radius 3 is 2.60 bits per heavy atom. The standard InChI is InChI=1S/C16H21NS3/c18-11-16(9-5-1-2-6-10-16)12-19-15-17-13-7-3-4-8-14(13)20-15/h3-4,7-8,18H,1-2,5-6,9-12H2. The molecule has 0 aliphatic heterocycles. The summed E-state index contributed by atoms with van der Waals surface area (Å²) >= 11 is 8.43. The molecule has 108 valence electrons. The minimum Gasteiger partial charge on any atom is -0.230 e. The van der Waals surface area contributed by atoms with Crippen molar-refractivity contribution < 1.29 is 0 Å². The molecular weight excluding hydrogens is 302 g/mol. The van der Waals surface area contributed by atoms with Crippen LogP contribution in [0.25, 0.3) is 10.2 Å². The molecule has 0 bridgehead atoms. The molecule has 0 radical (unpaired) electrons. The number of nitrogens with zero attached hydrogens (tertiary/aromatic N) is 1. The number of thiazole rings is 1. The van der Waals surface area contributed by atoms with Crippen molar-refractivity contribution in [1.29, 1.82) is 0 Å². The lowest BCUT2D eigenvalue weighted by Crippen LogP contribution is -2.25. The molecule has 1 saturated carbocycles. The monoisotopic (exact) mass is 323 g/mol. The minimum absolute atomic E-state index is 0.433. The van der Waals surface area contributed by atoms with E-state index in [2.05, 4.69) is 36.9 Å². The predicted molar refractivity (Wildman–Crippen MR) is 94.3 cm³/mol.